The molecule has 1 aliphatic rings. The Morgan fingerprint density at radius 1 is 1.36 bits per heavy atom. The van der Waals surface area contributed by atoms with Gasteiger partial charge in [0.05, 0.1) is 5.60 Å². The van der Waals surface area contributed by atoms with Crippen LogP contribution < -0.4 is 5.32 Å². The zero-order chi connectivity index (χ0) is 10.4. The van der Waals surface area contributed by atoms with Crippen LogP contribution in [0.15, 0.2) is 0 Å². The van der Waals surface area contributed by atoms with Crippen molar-refractivity contribution in [3.05, 3.63) is 0 Å². The second-order valence-electron chi connectivity index (χ2n) is 4.75. The Balaban J connectivity index is 2.34. The molecular weight excluding hydrogens is 174 g/mol. The monoisotopic (exact) mass is 199 g/mol. The molecular formula is C12H25NO. The molecule has 0 spiro atoms. The van der Waals surface area contributed by atoms with E-state index in [2.05, 4.69) is 19.2 Å². The fraction of sp³-hybridized carbons (Fsp3) is 1.00. The van der Waals surface area contributed by atoms with Crippen LogP contribution in [0.5, 0.6) is 0 Å². The molecule has 0 aromatic carbocycles. The van der Waals surface area contributed by atoms with Crippen LogP contribution in [0.4, 0.5) is 0 Å². The molecule has 2 nitrogen and oxygen atoms in total. The van der Waals surface area contributed by atoms with Crippen LogP contribution in [0.1, 0.15) is 46.0 Å². The average Bonchev–Trinajstić information content (AvgIpc) is 2.22. The first-order valence-corrected chi connectivity index (χ1v) is 5.98. The van der Waals surface area contributed by atoms with Gasteiger partial charge in [0, 0.05) is 13.7 Å². The third-order valence-corrected chi connectivity index (χ3v) is 3.49. The van der Waals surface area contributed by atoms with Gasteiger partial charge in [0.2, 0.25) is 0 Å². The molecule has 0 aliphatic heterocycles. The molecule has 84 valence electrons. The van der Waals surface area contributed by atoms with Gasteiger partial charge in [-0.3, -0.25) is 0 Å². The topological polar surface area (TPSA) is 21.3 Å². The molecule has 0 aromatic rings. The summed E-state index contributed by atoms with van der Waals surface area (Å²) in [6.07, 6.45) is 6.29. The van der Waals surface area contributed by atoms with Gasteiger partial charge in [-0.2, -0.15) is 0 Å². The van der Waals surface area contributed by atoms with Crippen LogP contribution in [0, 0.1) is 5.92 Å². The standard InChI is InChI=1S/C12H25NO/c1-4-9-13-10-12(14-3)7-5-11(2)6-8-12/h11,13H,4-10H2,1-3H3. The lowest BCUT2D eigenvalue weighted by molar-refractivity contribution is -0.0457. The minimum atomic E-state index is 0.141. The molecule has 1 N–H and O–H groups in total. The highest BCUT2D eigenvalue weighted by molar-refractivity contribution is 4.87. The number of hydrogen-bond acceptors (Lipinski definition) is 2. The van der Waals surface area contributed by atoms with Gasteiger partial charge in [-0.05, 0) is 44.6 Å². The molecule has 0 radical (unpaired) electrons. The third kappa shape index (κ3) is 3.25. The van der Waals surface area contributed by atoms with E-state index in [-0.39, 0.29) is 5.60 Å². The maximum Gasteiger partial charge on any atom is 0.0802 e. The SMILES string of the molecule is CCCNCC1(OC)CCC(C)CC1. The Morgan fingerprint density at radius 3 is 2.50 bits per heavy atom. The predicted molar refractivity (Wildman–Crippen MR) is 60.5 cm³/mol. The van der Waals surface area contributed by atoms with Crippen LogP contribution in [0.25, 0.3) is 0 Å². The summed E-state index contributed by atoms with van der Waals surface area (Å²) in [6, 6.07) is 0. The van der Waals surface area contributed by atoms with Gasteiger partial charge >= 0.3 is 0 Å². The molecule has 1 saturated carbocycles. The van der Waals surface area contributed by atoms with Crippen molar-refractivity contribution in [3.8, 4) is 0 Å². The van der Waals surface area contributed by atoms with Crippen molar-refractivity contribution < 1.29 is 4.74 Å². The van der Waals surface area contributed by atoms with Crippen LogP contribution in [0.3, 0.4) is 0 Å². The fourth-order valence-electron chi connectivity index (χ4n) is 2.23. The Hall–Kier alpha value is -0.0800. The van der Waals surface area contributed by atoms with Gasteiger partial charge < -0.3 is 10.1 Å². The van der Waals surface area contributed by atoms with E-state index >= 15 is 0 Å². The normalized spacial score (nSPS) is 33.2. The highest BCUT2D eigenvalue weighted by atomic mass is 16.5. The summed E-state index contributed by atoms with van der Waals surface area (Å²) in [6.45, 7) is 6.69. The largest absolute Gasteiger partial charge is 0.377 e. The Kier molecular flexibility index (Phi) is 4.90. The van der Waals surface area contributed by atoms with Crippen LogP contribution in [0.2, 0.25) is 0 Å². The van der Waals surface area contributed by atoms with Gasteiger partial charge in [0.15, 0.2) is 0 Å². The molecule has 0 aromatic heterocycles. The minimum Gasteiger partial charge on any atom is -0.377 e. The second kappa shape index (κ2) is 5.72. The first-order valence-electron chi connectivity index (χ1n) is 5.98. The smallest absolute Gasteiger partial charge is 0.0802 e. The van der Waals surface area contributed by atoms with Crippen molar-refractivity contribution in [2.75, 3.05) is 20.2 Å². The number of methoxy groups -OCH3 is 1. The molecule has 1 aliphatic carbocycles. The maximum absolute atomic E-state index is 5.71. The van der Waals surface area contributed by atoms with E-state index in [1.807, 2.05) is 7.11 Å². The van der Waals surface area contributed by atoms with E-state index in [9.17, 15) is 0 Å². The molecule has 2 heteroatoms. The van der Waals surface area contributed by atoms with Crippen LogP contribution >= 0.6 is 0 Å². The molecule has 0 saturated heterocycles. The van der Waals surface area contributed by atoms with E-state index < -0.39 is 0 Å². The lowest BCUT2D eigenvalue weighted by Crippen LogP contribution is -2.45. The molecule has 0 amide bonds. The quantitative estimate of drug-likeness (QED) is 0.687. The summed E-state index contributed by atoms with van der Waals surface area (Å²) in [5.74, 6) is 0.893. The Morgan fingerprint density at radius 2 is 2.00 bits per heavy atom. The summed E-state index contributed by atoms with van der Waals surface area (Å²) in [4.78, 5) is 0. The third-order valence-electron chi connectivity index (χ3n) is 3.49. The summed E-state index contributed by atoms with van der Waals surface area (Å²) >= 11 is 0. The van der Waals surface area contributed by atoms with Gasteiger partial charge in [0.1, 0.15) is 0 Å². The van der Waals surface area contributed by atoms with E-state index in [0.717, 1.165) is 19.0 Å². The number of nitrogens with one attached hydrogen (secondary N) is 1. The maximum atomic E-state index is 5.71. The predicted octanol–water partition coefficient (Wildman–Crippen LogP) is 2.58. The minimum absolute atomic E-state index is 0.141. The van der Waals surface area contributed by atoms with Gasteiger partial charge in [0.25, 0.3) is 0 Å². The highest BCUT2D eigenvalue weighted by Gasteiger charge is 2.33. The lowest BCUT2D eigenvalue weighted by atomic mass is 9.79. The summed E-state index contributed by atoms with van der Waals surface area (Å²) < 4.78 is 5.71. The summed E-state index contributed by atoms with van der Waals surface area (Å²) in [7, 11) is 1.86. The van der Waals surface area contributed by atoms with Gasteiger partial charge in [-0.1, -0.05) is 13.8 Å². The summed E-state index contributed by atoms with van der Waals surface area (Å²) in [5, 5.41) is 3.49. The van der Waals surface area contributed by atoms with Gasteiger partial charge in [-0.25, -0.2) is 0 Å². The van der Waals surface area contributed by atoms with Crippen molar-refractivity contribution in [2.24, 2.45) is 5.92 Å². The van der Waals surface area contributed by atoms with Crippen molar-refractivity contribution in [3.63, 3.8) is 0 Å². The molecule has 0 heterocycles. The number of ether oxygens (including phenoxy) is 1. The molecule has 0 atom stereocenters. The molecule has 1 rings (SSSR count). The molecule has 14 heavy (non-hydrogen) atoms. The fourth-order valence-corrected chi connectivity index (χ4v) is 2.23. The molecule has 1 fully saturated rings. The van der Waals surface area contributed by atoms with E-state index in [1.54, 1.807) is 0 Å². The zero-order valence-electron chi connectivity index (χ0n) is 9.94. The zero-order valence-corrected chi connectivity index (χ0v) is 9.94. The Labute approximate surface area is 88.4 Å². The average molecular weight is 199 g/mol. The van der Waals surface area contributed by atoms with Crippen LogP contribution in [-0.2, 0) is 4.74 Å². The van der Waals surface area contributed by atoms with E-state index in [0.29, 0.717) is 0 Å². The lowest BCUT2D eigenvalue weighted by Gasteiger charge is -2.38. The van der Waals surface area contributed by atoms with Crippen LogP contribution in [-0.4, -0.2) is 25.8 Å². The molecule has 0 unspecified atom stereocenters. The molecule has 0 bridgehead atoms. The first kappa shape index (κ1) is 12.0. The van der Waals surface area contributed by atoms with E-state index in [1.165, 1.54) is 32.1 Å². The van der Waals surface area contributed by atoms with Crippen molar-refractivity contribution in [1.29, 1.82) is 0 Å². The van der Waals surface area contributed by atoms with Crippen molar-refractivity contribution in [1.82, 2.24) is 5.32 Å². The second-order valence-corrected chi connectivity index (χ2v) is 4.75. The van der Waals surface area contributed by atoms with E-state index in [4.69, 9.17) is 4.74 Å². The van der Waals surface area contributed by atoms with Gasteiger partial charge in [-0.15, -0.1) is 0 Å². The van der Waals surface area contributed by atoms with Crippen molar-refractivity contribution >= 4 is 0 Å². The Bertz CT molecular complexity index is 150. The number of hydrogen-bond donors (Lipinski definition) is 1. The van der Waals surface area contributed by atoms with Crippen molar-refractivity contribution in [2.45, 2.75) is 51.6 Å². The first-order chi connectivity index (χ1) is 6.72. The summed E-state index contributed by atoms with van der Waals surface area (Å²) in [5.41, 5.74) is 0.141. The highest BCUT2D eigenvalue weighted by Crippen LogP contribution is 2.33. The number of rotatable bonds is 5.